The Balaban J connectivity index is 1.86. The third-order valence-corrected chi connectivity index (χ3v) is 3.07. The third-order valence-electron chi connectivity index (χ3n) is 2.87. The van der Waals surface area contributed by atoms with Crippen LogP contribution in [0.1, 0.15) is 15.9 Å². The fourth-order valence-corrected chi connectivity index (χ4v) is 1.87. The number of carbonyl (C=O) groups is 1. The van der Waals surface area contributed by atoms with Crippen LogP contribution in [0.15, 0.2) is 53.6 Å². The van der Waals surface area contributed by atoms with Crippen LogP contribution in [0.2, 0.25) is 0 Å². The molecule has 0 fully saturated rings. The molecule has 2 aromatic carbocycles. The fourth-order valence-electron chi connectivity index (χ4n) is 1.70. The maximum atomic E-state index is 10.6. The molecule has 23 heavy (non-hydrogen) atoms. The van der Waals surface area contributed by atoms with Gasteiger partial charge >= 0.3 is 0 Å². The zero-order chi connectivity index (χ0) is 16.7. The van der Waals surface area contributed by atoms with Crippen LogP contribution in [0, 0.1) is 0 Å². The summed E-state index contributed by atoms with van der Waals surface area (Å²) in [5, 5.41) is 17.9. The number of carboxylic acids is 1. The number of carboxylic acid groups (broad SMARTS) is 1. The van der Waals surface area contributed by atoms with Gasteiger partial charge < -0.3 is 20.0 Å². The van der Waals surface area contributed by atoms with E-state index in [1.165, 1.54) is 18.3 Å². The van der Waals surface area contributed by atoms with E-state index in [9.17, 15) is 9.90 Å². The number of thiocarbonyl (C=S) groups is 1. The first-order valence-electron chi connectivity index (χ1n) is 6.64. The highest BCUT2D eigenvalue weighted by molar-refractivity contribution is 7.80. The normalized spacial score (nSPS) is 10.3. The average molecular weight is 328 g/mol. The zero-order valence-corrected chi connectivity index (χ0v) is 13.1. The summed E-state index contributed by atoms with van der Waals surface area (Å²) in [4.78, 5) is 10.6. The van der Waals surface area contributed by atoms with Crippen molar-refractivity contribution < 1.29 is 14.6 Å². The highest BCUT2D eigenvalue weighted by Gasteiger charge is 1.97. The van der Waals surface area contributed by atoms with E-state index in [1.54, 1.807) is 19.2 Å². The van der Waals surface area contributed by atoms with Gasteiger partial charge in [-0.2, -0.15) is 5.10 Å². The van der Waals surface area contributed by atoms with E-state index in [1.807, 2.05) is 24.3 Å². The molecule has 2 N–H and O–H groups in total. The Morgan fingerprint density at radius 3 is 2.39 bits per heavy atom. The van der Waals surface area contributed by atoms with Crippen LogP contribution in [-0.4, -0.2) is 24.4 Å². The van der Waals surface area contributed by atoms with Crippen LogP contribution in [-0.2, 0) is 0 Å². The second kappa shape index (κ2) is 7.90. The predicted octanol–water partition coefficient (Wildman–Crippen LogP) is 1.38. The molecule has 0 radical (unpaired) electrons. The van der Waals surface area contributed by atoms with E-state index in [0.29, 0.717) is 5.11 Å². The number of aromatic carboxylic acids is 1. The van der Waals surface area contributed by atoms with Gasteiger partial charge in [0.05, 0.1) is 19.3 Å². The molecule has 0 heterocycles. The predicted molar refractivity (Wildman–Crippen MR) is 90.7 cm³/mol. The summed E-state index contributed by atoms with van der Waals surface area (Å²) in [5.74, 6) is -0.455. The number of nitrogens with one attached hydrogen (secondary N) is 2. The van der Waals surface area contributed by atoms with Gasteiger partial charge in [0.1, 0.15) is 5.75 Å². The first-order chi connectivity index (χ1) is 11.1. The molecule has 0 atom stereocenters. The molecular formula is C16H14N3O3S-. The van der Waals surface area contributed by atoms with E-state index < -0.39 is 5.97 Å². The summed E-state index contributed by atoms with van der Waals surface area (Å²) in [6.45, 7) is 0. The first-order valence-corrected chi connectivity index (χ1v) is 7.05. The number of nitrogens with zero attached hydrogens (tertiary/aromatic N) is 1. The van der Waals surface area contributed by atoms with Gasteiger partial charge in [-0.15, -0.1) is 0 Å². The SMILES string of the molecule is COc1ccc(NC(=S)N/N=C\c2ccc(C(=O)[O-])cc2)cc1. The summed E-state index contributed by atoms with van der Waals surface area (Å²) in [6.07, 6.45) is 1.53. The number of hydrogen-bond donors (Lipinski definition) is 2. The molecule has 0 saturated carbocycles. The highest BCUT2D eigenvalue weighted by Crippen LogP contribution is 2.14. The zero-order valence-electron chi connectivity index (χ0n) is 12.3. The van der Waals surface area contributed by atoms with Crippen molar-refractivity contribution in [2.45, 2.75) is 0 Å². The molecule has 6 nitrogen and oxygen atoms in total. The van der Waals surface area contributed by atoms with Crippen LogP contribution >= 0.6 is 12.2 Å². The molecule has 0 saturated heterocycles. The van der Waals surface area contributed by atoms with Crippen LogP contribution in [0.5, 0.6) is 5.75 Å². The number of hydrazone groups is 1. The Morgan fingerprint density at radius 1 is 1.17 bits per heavy atom. The molecule has 0 bridgehead atoms. The van der Waals surface area contributed by atoms with Crippen LogP contribution in [0.3, 0.4) is 0 Å². The van der Waals surface area contributed by atoms with Crippen LogP contribution in [0.25, 0.3) is 0 Å². The Kier molecular flexibility index (Phi) is 5.65. The number of anilines is 1. The fraction of sp³-hybridized carbons (Fsp3) is 0.0625. The smallest absolute Gasteiger partial charge is 0.191 e. The molecule has 0 amide bonds. The van der Waals surface area contributed by atoms with Crippen molar-refractivity contribution in [3.8, 4) is 5.75 Å². The standard InChI is InChI=1S/C16H15N3O3S/c1-22-14-8-6-13(7-9-14)18-16(23)19-17-10-11-2-4-12(5-3-11)15(20)21/h2-10H,1H3,(H,20,21)(H2,18,19,23)/p-1/b17-10-. The molecule has 0 spiro atoms. The number of rotatable bonds is 5. The van der Waals surface area contributed by atoms with E-state index >= 15 is 0 Å². The summed E-state index contributed by atoms with van der Waals surface area (Å²) in [7, 11) is 1.60. The van der Waals surface area contributed by atoms with E-state index in [4.69, 9.17) is 17.0 Å². The van der Waals surface area contributed by atoms with Crippen molar-refractivity contribution in [3.63, 3.8) is 0 Å². The Morgan fingerprint density at radius 2 is 1.83 bits per heavy atom. The summed E-state index contributed by atoms with van der Waals surface area (Å²) in [5.41, 5.74) is 4.33. The van der Waals surface area contributed by atoms with Crippen LogP contribution < -0.4 is 20.6 Å². The first kappa shape index (κ1) is 16.4. The number of hydrogen-bond acceptors (Lipinski definition) is 5. The highest BCUT2D eigenvalue weighted by atomic mass is 32.1. The van der Waals surface area contributed by atoms with Gasteiger partial charge in [0.25, 0.3) is 0 Å². The molecule has 2 rings (SSSR count). The molecule has 0 aromatic heterocycles. The Hall–Kier alpha value is -2.93. The van der Waals surface area contributed by atoms with Gasteiger partial charge in [-0.05, 0) is 47.6 Å². The summed E-state index contributed by atoms with van der Waals surface area (Å²) < 4.78 is 5.07. The summed E-state index contributed by atoms with van der Waals surface area (Å²) >= 11 is 5.11. The lowest BCUT2D eigenvalue weighted by Crippen LogP contribution is -2.23. The molecule has 0 aliphatic carbocycles. The van der Waals surface area contributed by atoms with Gasteiger partial charge in [-0.3, -0.25) is 5.43 Å². The van der Waals surface area contributed by atoms with Crippen molar-refractivity contribution in [2.24, 2.45) is 5.10 Å². The second-order valence-corrected chi connectivity index (χ2v) is 4.87. The Bertz CT molecular complexity index is 712. The van der Waals surface area contributed by atoms with E-state index in [2.05, 4.69) is 15.8 Å². The van der Waals surface area contributed by atoms with Gasteiger partial charge in [-0.1, -0.05) is 24.3 Å². The number of carbonyl (C=O) groups excluding carboxylic acids is 1. The molecule has 0 aliphatic rings. The molecule has 0 unspecified atom stereocenters. The number of ether oxygens (including phenoxy) is 1. The minimum Gasteiger partial charge on any atom is -0.545 e. The Labute approximate surface area is 138 Å². The quantitative estimate of drug-likeness (QED) is 0.490. The number of methoxy groups -OCH3 is 1. The molecule has 118 valence electrons. The maximum absolute atomic E-state index is 10.6. The van der Waals surface area contributed by atoms with Gasteiger partial charge in [0.15, 0.2) is 5.11 Å². The third kappa shape index (κ3) is 5.08. The van der Waals surface area contributed by atoms with Crippen molar-refractivity contribution in [1.82, 2.24) is 5.43 Å². The minimum absolute atomic E-state index is 0.117. The van der Waals surface area contributed by atoms with E-state index in [0.717, 1.165) is 17.0 Å². The minimum atomic E-state index is -1.21. The number of benzene rings is 2. The lowest BCUT2D eigenvalue weighted by molar-refractivity contribution is -0.255. The van der Waals surface area contributed by atoms with Crippen LogP contribution in [0.4, 0.5) is 5.69 Å². The van der Waals surface area contributed by atoms with Crippen molar-refractivity contribution >= 4 is 35.2 Å². The van der Waals surface area contributed by atoms with Gasteiger partial charge in [-0.25, -0.2) is 0 Å². The van der Waals surface area contributed by atoms with Crippen molar-refractivity contribution in [2.75, 3.05) is 12.4 Å². The maximum Gasteiger partial charge on any atom is 0.191 e. The largest absolute Gasteiger partial charge is 0.545 e. The van der Waals surface area contributed by atoms with Gasteiger partial charge in [0, 0.05) is 5.69 Å². The summed E-state index contributed by atoms with van der Waals surface area (Å²) in [6, 6.07) is 13.4. The average Bonchev–Trinajstić information content (AvgIpc) is 2.56. The monoisotopic (exact) mass is 328 g/mol. The molecule has 2 aromatic rings. The lowest BCUT2D eigenvalue weighted by atomic mass is 10.1. The van der Waals surface area contributed by atoms with Gasteiger partial charge in [0.2, 0.25) is 0 Å². The molecule has 0 aliphatic heterocycles. The van der Waals surface area contributed by atoms with Crippen molar-refractivity contribution in [3.05, 3.63) is 59.7 Å². The van der Waals surface area contributed by atoms with Crippen molar-refractivity contribution in [1.29, 1.82) is 0 Å². The molecular weight excluding hydrogens is 314 g/mol. The molecule has 7 heteroatoms. The lowest BCUT2D eigenvalue weighted by Gasteiger charge is -2.07. The van der Waals surface area contributed by atoms with E-state index in [-0.39, 0.29) is 5.56 Å². The topological polar surface area (TPSA) is 85.8 Å². The second-order valence-electron chi connectivity index (χ2n) is 4.46.